The molecule has 2 aromatic rings. The highest BCUT2D eigenvalue weighted by Crippen LogP contribution is 2.38. The number of amides is 1. The topological polar surface area (TPSA) is 48.0 Å². The van der Waals surface area contributed by atoms with Gasteiger partial charge in [-0.1, -0.05) is 29.8 Å². The first-order valence-corrected chi connectivity index (χ1v) is 8.52. The number of carbonyl (C=O) groups excluding carboxylic acids is 1. The lowest BCUT2D eigenvalue weighted by Gasteiger charge is -2.26. The summed E-state index contributed by atoms with van der Waals surface area (Å²) >= 11 is 0. The molecule has 0 N–H and O–H groups in total. The molecule has 0 saturated heterocycles. The Balaban J connectivity index is 2.19. The number of likely N-dealkylation sites (N-methyl/N-ethyl adjacent to an activating group) is 1. The molecule has 0 bridgehead atoms. The Morgan fingerprint density at radius 3 is 2.00 bits per heavy atom. The molecule has 140 valence electrons. The van der Waals surface area contributed by atoms with Crippen molar-refractivity contribution in [2.24, 2.45) is 0 Å². The second-order valence-electron chi connectivity index (χ2n) is 6.30. The quantitative estimate of drug-likeness (QED) is 0.757. The van der Waals surface area contributed by atoms with Gasteiger partial charge in [-0.05, 0) is 37.1 Å². The van der Waals surface area contributed by atoms with Crippen LogP contribution in [0.2, 0.25) is 0 Å². The number of hydrogen-bond donors (Lipinski definition) is 0. The maximum atomic E-state index is 12.8. The first kappa shape index (κ1) is 19.6. The van der Waals surface area contributed by atoms with Gasteiger partial charge >= 0.3 is 0 Å². The van der Waals surface area contributed by atoms with Crippen molar-refractivity contribution in [1.29, 1.82) is 0 Å². The lowest BCUT2D eigenvalue weighted by atomic mass is 10.0. The van der Waals surface area contributed by atoms with E-state index in [0.717, 1.165) is 11.1 Å². The van der Waals surface area contributed by atoms with Crippen LogP contribution in [0, 0.1) is 6.92 Å². The van der Waals surface area contributed by atoms with Gasteiger partial charge in [-0.25, -0.2) is 0 Å². The highest BCUT2D eigenvalue weighted by atomic mass is 16.5. The molecular formula is C21H27NO4. The third kappa shape index (κ3) is 4.28. The fourth-order valence-electron chi connectivity index (χ4n) is 2.82. The lowest BCUT2D eigenvalue weighted by Crippen LogP contribution is -2.31. The van der Waals surface area contributed by atoms with Crippen LogP contribution in [0.1, 0.15) is 29.7 Å². The van der Waals surface area contributed by atoms with Gasteiger partial charge in [0, 0.05) is 7.05 Å². The molecule has 0 saturated carbocycles. The van der Waals surface area contributed by atoms with E-state index in [1.165, 1.54) is 5.56 Å². The average molecular weight is 357 g/mol. The number of benzene rings is 2. The Labute approximate surface area is 155 Å². The number of ether oxygens (including phenoxy) is 3. The van der Waals surface area contributed by atoms with Crippen molar-refractivity contribution >= 4 is 5.91 Å². The maximum absolute atomic E-state index is 12.8. The van der Waals surface area contributed by atoms with E-state index in [9.17, 15) is 4.79 Å². The summed E-state index contributed by atoms with van der Waals surface area (Å²) in [6.45, 7) is 4.07. The predicted molar refractivity (Wildman–Crippen MR) is 102 cm³/mol. The molecule has 0 fully saturated rings. The second kappa shape index (κ2) is 8.61. The summed E-state index contributed by atoms with van der Waals surface area (Å²) in [4.78, 5) is 14.5. The van der Waals surface area contributed by atoms with Crippen molar-refractivity contribution in [3.63, 3.8) is 0 Å². The summed E-state index contributed by atoms with van der Waals surface area (Å²) < 4.78 is 16.0. The molecule has 1 atom stereocenters. The molecule has 2 rings (SSSR count). The highest BCUT2D eigenvalue weighted by Gasteiger charge is 2.20. The molecule has 5 nitrogen and oxygen atoms in total. The molecule has 0 heterocycles. The summed E-state index contributed by atoms with van der Waals surface area (Å²) in [7, 11) is 6.51. The van der Waals surface area contributed by atoms with Gasteiger partial charge in [-0.15, -0.1) is 0 Å². The van der Waals surface area contributed by atoms with Crippen molar-refractivity contribution in [3.05, 3.63) is 53.1 Å². The van der Waals surface area contributed by atoms with E-state index in [4.69, 9.17) is 14.2 Å². The zero-order valence-corrected chi connectivity index (χ0v) is 16.3. The van der Waals surface area contributed by atoms with Crippen LogP contribution < -0.4 is 14.2 Å². The van der Waals surface area contributed by atoms with Gasteiger partial charge in [-0.2, -0.15) is 0 Å². The van der Waals surface area contributed by atoms with E-state index in [2.05, 4.69) is 24.3 Å². The predicted octanol–water partition coefficient (Wildman–Crippen LogP) is 3.78. The number of carbonyl (C=O) groups is 1. The Morgan fingerprint density at radius 1 is 1.00 bits per heavy atom. The first-order chi connectivity index (χ1) is 12.4. The monoisotopic (exact) mass is 357 g/mol. The fourth-order valence-corrected chi connectivity index (χ4v) is 2.82. The molecule has 0 aliphatic heterocycles. The summed E-state index contributed by atoms with van der Waals surface area (Å²) in [5, 5.41) is 0. The number of rotatable bonds is 7. The number of hydrogen-bond acceptors (Lipinski definition) is 4. The molecular weight excluding hydrogens is 330 g/mol. The average Bonchev–Trinajstić information content (AvgIpc) is 2.66. The van der Waals surface area contributed by atoms with Gasteiger partial charge in [0.15, 0.2) is 11.5 Å². The van der Waals surface area contributed by atoms with Crippen molar-refractivity contribution in [2.75, 3.05) is 28.4 Å². The molecule has 1 unspecified atom stereocenters. The van der Waals surface area contributed by atoms with Crippen LogP contribution in [0.5, 0.6) is 17.2 Å². The van der Waals surface area contributed by atoms with Crippen molar-refractivity contribution < 1.29 is 19.0 Å². The zero-order chi connectivity index (χ0) is 19.3. The minimum atomic E-state index is -0.00913. The van der Waals surface area contributed by atoms with E-state index in [1.807, 2.05) is 33.0 Å². The Morgan fingerprint density at radius 2 is 1.54 bits per heavy atom. The molecule has 0 aliphatic rings. The van der Waals surface area contributed by atoms with Gasteiger partial charge in [0.2, 0.25) is 11.7 Å². The van der Waals surface area contributed by atoms with Crippen LogP contribution in [-0.4, -0.2) is 39.2 Å². The van der Waals surface area contributed by atoms with E-state index >= 15 is 0 Å². The van der Waals surface area contributed by atoms with Crippen LogP contribution in [0.3, 0.4) is 0 Å². The molecule has 0 aliphatic carbocycles. The summed E-state index contributed by atoms with van der Waals surface area (Å²) in [6, 6.07) is 11.8. The molecule has 1 amide bonds. The minimum Gasteiger partial charge on any atom is -0.493 e. The normalized spacial score (nSPS) is 11.6. The highest BCUT2D eigenvalue weighted by molar-refractivity contribution is 5.79. The fraction of sp³-hybridized carbons (Fsp3) is 0.381. The molecule has 0 aromatic heterocycles. The van der Waals surface area contributed by atoms with E-state index in [1.54, 1.807) is 26.2 Å². The van der Waals surface area contributed by atoms with Crippen LogP contribution >= 0.6 is 0 Å². The summed E-state index contributed by atoms with van der Waals surface area (Å²) in [5.41, 5.74) is 3.12. The second-order valence-corrected chi connectivity index (χ2v) is 6.30. The van der Waals surface area contributed by atoms with Crippen LogP contribution in [0.4, 0.5) is 0 Å². The van der Waals surface area contributed by atoms with E-state index in [0.29, 0.717) is 17.2 Å². The molecule has 0 radical (unpaired) electrons. The van der Waals surface area contributed by atoms with Crippen LogP contribution in [0.15, 0.2) is 36.4 Å². The largest absolute Gasteiger partial charge is 0.493 e. The Hall–Kier alpha value is -2.69. The van der Waals surface area contributed by atoms with Crippen molar-refractivity contribution in [1.82, 2.24) is 4.90 Å². The standard InChI is InChI=1S/C21H27NO4/c1-14-7-9-17(10-8-14)15(2)22(3)20(23)13-16-11-18(24-4)21(26-6)19(12-16)25-5/h7-12,15H,13H2,1-6H3. The van der Waals surface area contributed by atoms with Gasteiger partial charge in [-0.3, -0.25) is 4.79 Å². The molecule has 0 spiro atoms. The third-order valence-corrected chi connectivity index (χ3v) is 4.61. The summed E-state index contributed by atoms with van der Waals surface area (Å²) in [6.07, 6.45) is 0.253. The number of methoxy groups -OCH3 is 3. The van der Waals surface area contributed by atoms with Gasteiger partial charge in [0.25, 0.3) is 0 Å². The number of nitrogens with zero attached hydrogens (tertiary/aromatic N) is 1. The van der Waals surface area contributed by atoms with Crippen LogP contribution in [-0.2, 0) is 11.2 Å². The summed E-state index contributed by atoms with van der Waals surface area (Å²) in [5.74, 6) is 1.63. The lowest BCUT2D eigenvalue weighted by molar-refractivity contribution is -0.131. The first-order valence-electron chi connectivity index (χ1n) is 8.52. The molecule has 26 heavy (non-hydrogen) atoms. The van der Waals surface area contributed by atoms with Gasteiger partial charge < -0.3 is 19.1 Å². The van der Waals surface area contributed by atoms with E-state index in [-0.39, 0.29) is 18.4 Å². The SMILES string of the molecule is COc1cc(CC(=O)N(C)C(C)c2ccc(C)cc2)cc(OC)c1OC. The van der Waals surface area contributed by atoms with E-state index < -0.39 is 0 Å². The number of aryl methyl sites for hydroxylation is 1. The Bertz CT molecular complexity index is 730. The minimum absolute atomic E-state index is 0.00913. The van der Waals surface area contributed by atoms with Gasteiger partial charge in [0.1, 0.15) is 0 Å². The van der Waals surface area contributed by atoms with Crippen LogP contribution in [0.25, 0.3) is 0 Å². The van der Waals surface area contributed by atoms with Crippen molar-refractivity contribution in [3.8, 4) is 17.2 Å². The van der Waals surface area contributed by atoms with Gasteiger partial charge in [0.05, 0.1) is 33.8 Å². The molecule has 2 aromatic carbocycles. The maximum Gasteiger partial charge on any atom is 0.227 e. The third-order valence-electron chi connectivity index (χ3n) is 4.61. The Kier molecular flexibility index (Phi) is 6.50. The zero-order valence-electron chi connectivity index (χ0n) is 16.3. The van der Waals surface area contributed by atoms with Crippen molar-refractivity contribution in [2.45, 2.75) is 26.3 Å². The molecule has 5 heteroatoms. The smallest absolute Gasteiger partial charge is 0.227 e.